The molecule has 0 radical (unpaired) electrons. The molecule has 1 unspecified atom stereocenters. The van der Waals surface area contributed by atoms with Gasteiger partial charge >= 0.3 is 0 Å². The molecule has 1 fully saturated rings. The first kappa shape index (κ1) is 16.8. The second kappa shape index (κ2) is 7.25. The van der Waals surface area contributed by atoms with E-state index in [1.54, 1.807) is 0 Å². The van der Waals surface area contributed by atoms with E-state index in [9.17, 15) is 19.5 Å². The van der Waals surface area contributed by atoms with Crippen LogP contribution in [0.4, 0.5) is 0 Å². The predicted octanol–water partition coefficient (Wildman–Crippen LogP) is 1.66. The number of carbonyl (C=O) groups is 3. The molecule has 0 aliphatic carbocycles. The number of rotatable bonds is 6. The van der Waals surface area contributed by atoms with Gasteiger partial charge in [-0.05, 0) is 23.6 Å². The number of likely N-dealkylation sites (tertiary alicyclic amines) is 1. The first-order valence-electron chi connectivity index (χ1n) is 7.44. The van der Waals surface area contributed by atoms with Gasteiger partial charge in [0.15, 0.2) is 0 Å². The summed E-state index contributed by atoms with van der Waals surface area (Å²) in [5.74, 6) is -0.965. The molecule has 0 bridgehead atoms. The van der Waals surface area contributed by atoms with Gasteiger partial charge in [-0.3, -0.25) is 19.3 Å². The minimum Gasteiger partial charge on any atom is -0.382 e. The highest BCUT2D eigenvalue weighted by molar-refractivity contribution is 7.12. The van der Waals surface area contributed by atoms with Gasteiger partial charge in [-0.2, -0.15) is 0 Å². The number of amides is 3. The van der Waals surface area contributed by atoms with E-state index in [0.29, 0.717) is 6.54 Å². The Bertz CT molecular complexity index is 738. The van der Waals surface area contributed by atoms with E-state index in [1.165, 1.54) is 22.7 Å². The average molecular weight is 364 g/mol. The molecular formula is C16H16N2O4S2. The molecule has 8 heteroatoms. The van der Waals surface area contributed by atoms with Crippen LogP contribution in [0.5, 0.6) is 0 Å². The van der Waals surface area contributed by atoms with Crippen LogP contribution in [0, 0.1) is 0 Å². The van der Waals surface area contributed by atoms with E-state index in [-0.39, 0.29) is 37.1 Å². The molecule has 3 amide bonds. The second-order valence-corrected chi connectivity index (χ2v) is 7.55. The molecule has 24 heavy (non-hydrogen) atoms. The third kappa shape index (κ3) is 3.72. The monoisotopic (exact) mass is 364 g/mol. The number of nitrogens with zero attached hydrogens (tertiary/aromatic N) is 1. The van der Waals surface area contributed by atoms with Crippen molar-refractivity contribution in [3.8, 4) is 0 Å². The molecular weight excluding hydrogens is 348 g/mol. The smallest absolute Gasteiger partial charge is 0.240 e. The van der Waals surface area contributed by atoms with E-state index < -0.39 is 6.10 Å². The maximum atomic E-state index is 11.9. The van der Waals surface area contributed by atoms with Gasteiger partial charge in [-0.15, -0.1) is 22.7 Å². The molecule has 1 aliphatic heterocycles. The summed E-state index contributed by atoms with van der Waals surface area (Å²) in [7, 11) is 0. The largest absolute Gasteiger partial charge is 0.382 e. The van der Waals surface area contributed by atoms with Gasteiger partial charge in [0.1, 0.15) is 12.6 Å². The van der Waals surface area contributed by atoms with Crippen LogP contribution < -0.4 is 5.32 Å². The minimum absolute atomic E-state index is 0.182. The zero-order valence-electron chi connectivity index (χ0n) is 12.7. The summed E-state index contributed by atoms with van der Waals surface area (Å²) < 4.78 is 0. The first-order chi connectivity index (χ1) is 11.5. The van der Waals surface area contributed by atoms with Crippen LogP contribution in [0.1, 0.15) is 33.6 Å². The van der Waals surface area contributed by atoms with E-state index in [1.807, 2.05) is 29.6 Å². The molecule has 1 atom stereocenters. The van der Waals surface area contributed by atoms with Gasteiger partial charge in [0.25, 0.3) is 0 Å². The Morgan fingerprint density at radius 1 is 1.21 bits per heavy atom. The highest BCUT2D eigenvalue weighted by atomic mass is 32.1. The molecule has 0 spiro atoms. The lowest BCUT2D eigenvalue weighted by atomic mass is 10.2. The molecule has 1 aliphatic rings. The van der Waals surface area contributed by atoms with Crippen LogP contribution in [0.3, 0.4) is 0 Å². The van der Waals surface area contributed by atoms with Crippen molar-refractivity contribution >= 4 is 40.4 Å². The number of hydrogen-bond donors (Lipinski definition) is 2. The minimum atomic E-state index is -0.653. The number of aliphatic hydroxyl groups is 1. The number of imide groups is 1. The van der Waals surface area contributed by atoms with Gasteiger partial charge in [-0.25, -0.2) is 0 Å². The van der Waals surface area contributed by atoms with Crippen molar-refractivity contribution in [1.82, 2.24) is 10.2 Å². The van der Waals surface area contributed by atoms with Gasteiger partial charge in [0, 0.05) is 27.5 Å². The second-order valence-electron chi connectivity index (χ2n) is 5.37. The molecule has 2 N–H and O–H groups in total. The van der Waals surface area contributed by atoms with E-state index >= 15 is 0 Å². The highest BCUT2D eigenvalue weighted by Gasteiger charge is 2.30. The molecule has 0 saturated carbocycles. The summed E-state index contributed by atoms with van der Waals surface area (Å²) in [5.41, 5.74) is 0. The SMILES string of the molecule is O=C(CN1C(=O)CCC1=O)NCc1ccc(C(O)c2cccs2)s1. The maximum Gasteiger partial charge on any atom is 0.240 e. The fraction of sp³-hybridized carbons (Fsp3) is 0.312. The van der Waals surface area contributed by atoms with E-state index in [4.69, 9.17) is 0 Å². The van der Waals surface area contributed by atoms with Crippen LogP contribution in [-0.2, 0) is 20.9 Å². The molecule has 1 saturated heterocycles. The van der Waals surface area contributed by atoms with E-state index in [2.05, 4.69) is 5.32 Å². The third-order valence-electron chi connectivity index (χ3n) is 3.68. The van der Waals surface area contributed by atoms with Gasteiger partial charge in [0.05, 0.1) is 6.54 Å². The van der Waals surface area contributed by atoms with Crippen molar-refractivity contribution in [3.63, 3.8) is 0 Å². The Hall–Kier alpha value is -2.03. The van der Waals surface area contributed by atoms with Crippen LogP contribution in [-0.4, -0.2) is 34.3 Å². The lowest BCUT2D eigenvalue weighted by Crippen LogP contribution is -2.39. The molecule has 3 rings (SSSR count). The summed E-state index contributed by atoms with van der Waals surface area (Å²) in [6, 6.07) is 7.45. The van der Waals surface area contributed by atoms with Gasteiger partial charge in [0.2, 0.25) is 17.7 Å². The lowest BCUT2D eigenvalue weighted by Gasteiger charge is -2.13. The van der Waals surface area contributed by atoms with Gasteiger partial charge in [-0.1, -0.05) is 6.07 Å². The van der Waals surface area contributed by atoms with Crippen LogP contribution in [0.25, 0.3) is 0 Å². The normalized spacial score (nSPS) is 15.8. The third-order valence-corrected chi connectivity index (χ3v) is 5.74. The number of hydrogen-bond acceptors (Lipinski definition) is 6. The number of carbonyl (C=O) groups excluding carboxylic acids is 3. The molecule has 126 valence electrons. The predicted molar refractivity (Wildman–Crippen MR) is 90.5 cm³/mol. The molecule has 6 nitrogen and oxygen atoms in total. The first-order valence-corrected chi connectivity index (χ1v) is 9.14. The molecule has 2 aromatic rings. The summed E-state index contributed by atoms with van der Waals surface area (Å²) in [6.07, 6.45) is -0.290. The summed E-state index contributed by atoms with van der Waals surface area (Å²) in [4.78, 5) is 38.4. The molecule has 0 aromatic carbocycles. The number of nitrogens with one attached hydrogen (secondary N) is 1. The Labute approximate surface area is 146 Å². The summed E-state index contributed by atoms with van der Waals surface area (Å²) >= 11 is 2.91. The number of aliphatic hydroxyl groups excluding tert-OH is 1. The van der Waals surface area contributed by atoms with Crippen molar-refractivity contribution in [2.24, 2.45) is 0 Å². The maximum absolute atomic E-state index is 11.9. The fourth-order valence-electron chi connectivity index (χ4n) is 2.41. The van der Waals surface area contributed by atoms with Crippen molar-refractivity contribution in [1.29, 1.82) is 0 Å². The topological polar surface area (TPSA) is 86.7 Å². The lowest BCUT2D eigenvalue weighted by molar-refractivity contribution is -0.142. The molecule has 2 aromatic heterocycles. The number of thiophene rings is 2. The van der Waals surface area contributed by atoms with E-state index in [0.717, 1.165) is 19.5 Å². The quantitative estimate of drug-likeness (QED) is 0.763. The van der Waals surface area contributed by atoms with Crippen molar-refractivity contribution < 1.29 is 19.5 Å². The summed E-state index contributed by atoms with van der Waals surface area (Å²) in [6.45, 7) is 0.0740. The fourth-order valence-corrected chi connectivity index (χ4v) is 4.17. The van der Waals surface area contributed by atoms with Crippen molar-refractivity contribution in [2.75, 3.05) is 6.54 Å². The Kier molecular flexibility index (Phi) is 5.08. The Morgan fingerprint density at radius 3 is 2.62 bits per heavy atom. The Balaban J connectivity index is 1.53. The van der Waals surface area contributed by atoms with Crippen LogP contribution in [0.2, 0.25) is 0 Å². The standard InChI is InChI=1S/C16H16N2O4S2/c19-13(9-18-14(20)5-6-15(18)21)17-8-10-3-4-12(24-10)16(22)11-2-1-7-23-11/h1-4,7,16,22H,5-6,8-9H2,(H,17,19). The highest BCUT2D eigenvalue weighted by Crippen LogP contribution is 2.30. The van der Waals surface area contributed by atoms with Gasteiger partial charge < -0.3 is 10.4 Å². The zero-order chi connectivity index (χ0) is 17.1. The average Bonchev–Trinajstić information content (AvgIpc) is 3.30. The zero-order valence-corrected chi connectivity index (χ0v) is 14.4. The molecule has 3 heterocycles. The summed E-state index contributed by atoms with van der Waals surface area (Å²) in [5, 5.41) is 14.9. The van der Waals surface area contributed by atoms with Crippen LogP contribution >= 0.6 is 22.7 Å². The van der Waals surface area contributed by atoms with Crippen molar-refractivity contribution in [3.05, 3.63) is 44.3 Å². The van der Waals surface area contributed by atoms with Crippen molar-refractivity contribution in [2.45, 2.75) is 25.5 Å². The Morgan fingerprint density at radius 2 is 1.96 bits per heavy atom. The van der Waals surface area contributed by atoms with Crippen LogP contribution in [0.15, 0.2) is 29.6 Å².